The van der Waals surface area contributed by atoms with Crippen LogP contribution >= 0.6 is 0 Å². The van der Waals surface area contributed by atoms with Crippen molar-refractivity contribution in [2.24, 2.45) is 0 Å². The molecule has 0 unspecified atom stereocenters. The zero-order chi connectivity index (χ0) is 19.1. The summed E-state index contributed by atoms with van der Waals surface area (Å²) in [6.45, 7) is 1.40. The number of hydrogen-bond acceptors (Lipinski definition) is 4. The smallest absolute Gasteiger partial charge is 0.344 e. The van der Waals surface area contributed by atoms with Gasteiger partial charge in [0.05, 0.1) is 6.04 Å². The van der Waals surface area contributed by atoms with Gasteiger partial charge in [-0.3, -0.25) is 4.79 Å². The quantitative estimate of drug-likeness (QED) is 0.762. The van der Waals surface area contributed by atoms with Crippen molar-refractivity contribution in [3.05, 3.63) is 65.2 Å². The monoisotopic (exact) mass is 367 g/mol. The van der Waals surface area contributed by atoms with Crippen LogP contribution < -0.4 is 10.1 Å². The van der Waals surface area contributed by atoms with Crippen LogP contribution in [0.25, 0.3) is 0 Å². The standard InChI is InChI=1S/C22H25NO4/c1-16(18-12-11-17-7-5-6-8-19(17)13-18)23-21(24)14-27-22(25)15-26-20-9-3-2-4-10-20/h2-4,9-13,16H,5-8,14-15H2,1H3,(H,23,24)/t16-/m1/s1. The van der Waals surface area contributed by atoms with E-state index in [0.717, 1.165) is 18.4 Å². The van der Waals surface area contributed by atoms with Crippen LogP contribution in [0.15, 0.2) is 48.5 Å². The SMILES string of the molecule is C[C@@H](NC(=O)COC(=O)COc1ccccc1)c1ccc2c(c1)CCCC2. The van der Waals surface area contributed by atoms with Gasteiger partial charge in [-0.25, -0.2) is 4.79 Å². The molecule has 5 nitrogen and oxygen atoms in total. The highest BCUT2D eigenvalue weighted by atomic mass is 16.6. The van der Waals surface area contributed by atoms with Gasteiger partial charge in [0, 0.05) is 0 Å². The summed E-state index contributed by atoms with van der Waals surface area (Å²) >= 11 is 0. The zero-order valence-electron chi connectivity index (χ0n) is 15.6. The number of nitrogens with one attached hydrogen (secondary N) is 1. The van der Waals surface area contributed by atoms with Crippen molar-refractivity contribution in [2.75, 3.05) is 13.2 Å². The zero-order valence-corrected chi connectivity index (χ0v) is 15.6. The van der Waals surface area contributed by atoms with Crippen LogP contribution in [0.3, 0.4) is 0 Å². The predicted molar refractivity (Wildman–Crippen MR) is 103 cm³/mol. The van der Waals surface area contributed by atoms with Crippen molar-refractivity contribution >= 4 is 11.9 Å². The highest BCUT2D eigenvalue weighted by Crippen LogP contribution is 2.24. The van der Waals surface area contributed by atoms with E-state index in [1.54, 1.807) is 12.1 Å². The van der Waals surface area contributed by atoms with Crippen LogP contribution in [0, 0.1) is 0 Å². The summed E-state index contributed by atoms with van der Waals surface area (Å²) in [7, 11) is 0. The molecule has 1 atom stereocenters. The first-order valence-electron chi connectivity index (χ1n) is 9.36. The van der Waals surface area contributed by atoms with Gasteiger partial charge in [-0.1, -0.05) is 36.4 Å². The lowest BCUT2D eigenvalue weighted by atomic mass is 9.89. The molecule has 0 saturated carbocycles. The van der Waals surface area contributed by atoms with Gasteiger partial charge in [0.2, 0.25) is 0 Å². The van der Waals surface area contributed by atoms with Crippen LogP contribution in [0.5, 0.6) is 5.75 Å². The summed E-state index contributed by atoms with van der Waals surface area (Å²) in [5.74, 6) is -0.316. The Morgan fingerprint density at radius 1 is 1.00 bits per heavy atom. The topological polar surface area (TPSA) is 64.6 Å². The molecule has 0 heterocycles. The molecule has 5 heteroatoms. The second kappa shape index (κ2) is 9.21. The molecule has 3 rings (SSSR count). The van der Waals surface area contributed by atoms with Crippen molar-refractivity contribution in [1.82, 2.24) is 5.32 Å². The maximum Gasteiger partial charge on any atom is 0.344 e. The Bertz CT molecular complexity index is 788. The van der Waals surface area contributed by atoms with Crippen LogP contribution in [0.4, 0.5) is 0 Å². The number of amides is 1. The van der Waals surface area contributed by atoms with Gasteiger partial charge in [0.25, 0.3) is 5.91 Å². The fourth-order valence-corrected chi connectivity index (χ4v) is 3.24. The fourth-order valence-electron chi connectivity index (χ4n) is 3.24. The minimum Gasteiger partial charge on any atom is -0.482 e. The summed E-state index contributed by atoms with van der Waals surface area (Å²) in [5.41, 5.74) is 3.86. The molecule has 1 aliphatic carbocycles. The summed E-state index contributed by atoms with van der Waals surface area (Å²) in [6, 6.07) is 15.3. The molecule has 2 aromatic carbocycles. The minimum absolute atomic E-state index is 0.135. The molecule has 1 amide bonds. The molecule has 0 aliphatic heterocycles. The summed E-state index contributed by atoms with van der Waals surface area (Å²) in [6.07, 6.45) is 4.70. The van der Waals surface area contributed by atoms with E-state index in [0.29, 0.717) is 5.75 Å². The lowest BCUT2D eigenvalue weighted by molar-refractivity contribution is -0.150. The molecule has 142 valence electrons. The van der Waals surface area contributed by atoms with Crippen LogP contribution in [-0.4, -0.2) is 25.1 Å². The minimum atomic E-state index is -0.574. The Labute approximate surface area is 159 Å². The van der Waals surface area contributed by atoms with Crippen LogP contribution in [-0.2, 0) is 27.2 Å². The van der Waals surface area contributed by atoms with E-state index < -0.39 is 5.97 Å². The Kier molecular flexibility index (Phi) is 6.47. The van der Waals surface area contributed by atoms with Gasteiger partial charge in [-0.2, -0.15) is 0 Å². The molecule has 0 radical (unpaired) electrons. The third kappa shape index (κ3) is 5.58. The number of carbonyl (C=O) groups excluding carboxylic acids is 2. The summed E-state index contributed by atoms with van der Waals surface area (Å²) in [5, 5.41) is 2.88. The van der Waals surface area contributed by atoms with Crippen molar-refractivity contribution in [2.45, 2.75) is 38.6 Å². The van der Waals surface area contributed by atoms with Gasteiger partial charge in [0.1, 0.15) is 5.75 Å². The van der Waals surface area contributed by atoms with Gasteiger partial charge >= 0.3 is 5.97 Å². The van der Waals surface area contributed by atoms with Crippen molar-refractivity contribution in [3.63, 3.8) is 0 Å². The molecule has 27 heavy (non-hydrogen) atoms. The first kappa shape index (κ1) is 19.0. The second-order valence-electron chi connectivity index (χ2n) is 6.79. The molecule has 0 spiro atoms. The number of ether oxygens (including phenoxy) is 2. The lowest BCUT2D eigenvalue weighted by Crippen LogP contribution is -2.32. The van der Waals surface area contributed by atoms with Crippen LogP contribution in [0.2, 0.25) is 0 Å². The first-order valence-corrected chi connectivity index (χ1v) is 9.36. The van der Waals surface area contributed by atoms with E-state index in [1.165, 1.54) is 24.0 Å². The average molecular weight is 367 g/mol. The molecule has 0 fully saturated rings. The van der Waals surface area contributed by atoms with Crippen LogP contribution in [0.1, 0.15) is 42.5 Å². The molecule has 2 aromatic rings. The number of rotatable bonds is 7. The molecular formula is C22H25NO4. The number of fused-ring (bicyclic) bond motifs is 1. The van der Waals surface area contributed by atoms with E-state index in [2.05, 4.69) is 23.5 Å². The Hall–Kier alpha value is -2.82. The molecule has 0 aromatic heterocycles. The molecule has 0 bridgehead atoms. The van der Waals surface area contributed by atoms with E-state index in [9.17, 15) is 9.59 Å². The van der Waals surface area contributed by atoms with Gasteiger partial charge in [-0.15, -0.1) is 0 Å². The van der Waals surface area contributed by atoms with E-state index in [4.69, 9.17) is 9.47 Å². The first-order chi connectivity index (χ1) is 13.1. The summed E-state index contributed by atoms with van der Waals surface area (Å²) in [4.78, 5) is 23.8. The lowest BCUT2D eigenvalue weighted by Gasteiger charge is -2.20. The Morgan fingerprint density at radius 3 is 2.52 bits per heavy atom. The largest absolute Gasteiger partial charge is 0.482 e. The number of carbonyl (C=O) groups is 2. The fraction of sp³-hybridized carbons (Fsp3) is 0.364. The third-order valence-electron chi connectivity index (χ3n) is 4.71. The van der Waals surface area contributed by atoms with E-state index in [1.807, 2.05) is 25.1 Å². The summed E-state index contributed by atoms with van der Waals surface area (Å²) < 4.78 is 10.3. The van der Waals surface area contributed by atoms with E-state index in [-0.39, 0.29) is 25.2 Å². The van der Waals surface area contributed by atoms with Gasteiger partial charge < -0.3 is 14.8 Å². The van der Waals surface area contributed by atoms with Gasteiger partial charge in [0.15, 0.2) is 13.2 Å². The number of esters is 1. The average Bonchev–Trinajstić information content (AvgIpc) is 2.71. The Morgan fingerprint density at radius 2 is 1.74 bits per heavy atom. The highest BCUT2D eigenvalue weighted by Gasteiger charge is 2.15. The highest BCUT2D eigenvalue weighted by molar-refractivity contribution is 5.81. The maximum atomic E-state index is 12.1. The maximum absolute atomic E-state index is 12.1. The Balaban J connectivity index is 1.42. The number of aryl methyl sites for hydroxylation is 2. The number of benzene rings is 2. The number of para-hydroxylation sites is 1. The molecular weight excluding hydrogens is 342 g/mol. The molecule has 1 aliphatic rings. The van der Waals surface area contributed by atoms with Crippen molar-refractivity contribution in [3.8, 4) is 5.75 Å². The second-order valence-corrected chi connectivity index (χ2v) is 6.79. The van der Waals surface area contributed by atoms with Crippen molar-refractivity contribution < 1.29 is 19.1 Å². The third-order valence-corrected chi connectivity index (χ3v) is 4.71. The normalized spacial score (nSPS) is 14.0. The number of hydrogen-bond donors (Lipinski definition) is 1. The van der Waals surface area contributed by atoms with E-state index >= 15 is 0 Å². The molecule has 1 N–H and O–H groups in total. The van der Waals surface area contributed by atoms with Gasteiger partial charge in [-0.05, 0) is 61.4 Å². The molecule has 0 saturated heterocycles. The van der Waals surface area contributed by atoms with Crippen molar-refractivity contribution in [1.29, 1.82) is 0 Å². The predicted octanol–water partition coefficient (Wildman–Crippen LogP) is 3.36.